The fourth-order valence-electron chi connectivity index (χ4n) is 3.12. The number of aromatic nitrogens is 1. The van der Waals surface area contributed by atoms with Crippen molar-refractivity contribution < 1.29 is 9.21 Å². The number of hydrogen-bond acceptors (Lipinski definition) is 5. The number of nitrogens with zero attached hydrogens (tertiary/aromatic N) is 3. The Kier molecular flexibility index (Phi) is 9.09. The topological polar surface area (TPSA) is 75.6 Å². The van der Waals surface area contributed by atoms with Gasteiger partial charge in [-0.2, -0.15) is 0 Å². The quantitative estimate of drug-likeness (QED) is 0.760. The minimum atomic E-state index is 0. The Morgan fingerprint density at radius 1 is 1.15 bits per heavy atom. The number of para-hydroxylation sites is 1. The molecular weight excluding hydrogens is 387 g/mol. The minimum absolute atomic E-state index is 0. The molecule has 0 spiro atoms. The van der Waals surface area contributed by atoms with Gasteiger partial charge in [0.2, 0.25) is 11.8 Å². The molecule has 3 rings (SSSR count). The SMILES string of the molecule is Cc1nc(CN2CCN(C(=O)CCc3ccccc3N)CC2)oc1C.Cl.Cl. The van der Waals surface area contributed by atoms with Crippen molar-refractivity contribution in [3.8, 4) is 0 Å². The predicted octanol–water partition coefficient (Wildman–Crippen LogP) is 2.99. The fraction of sp³-hybridized carbons (Fsp3) is 0.474. The monoisotopic (exact) mass is 414 g/mol. The van der Waals surface area contributed by atoms with Crippen LogP contribution in [0.3, 0.4) is 0 Å². The molecule has 0 bridgehead atoms. The van der Waals surface area contributed by atoms with E-state index in [1.165, 1.54) is 0 Å². The molecule has 27 heavy (non-hydrogen) atoms. The van der Waals surface area contributed by atoms with Gasteiger partial charge in [-0.3, -0.25) is 9.69 Å². The van der Waals surface area contributed by atoms with Crippen LogP contribution in [0.2, 0.25) is 0 Å². The van der Waals surface area contributed by atoms with Crippen LogP contribution in [-0.2, 0) is 17.8 Å². The normalized spacial score (nSPS) is 14.4. The number of carbonyl (C=O) groups is 1. The molecule has 1 aliphatic rings. The molecule has 1 fully saturated rings. The standard InChI is InChI=1S/C19H26N4O2.2ClH/c1-14-15(2)25-18(21-14)13-22-9-11-23(12-10-22)19(24)8-7-16-5-3-4-6-17(16)20;;/h3-6H,7-13,20H2,1-2H3;2*1H. The lowest BCUT2D eigenvalue weighted by atomic mass is 10.1. The number of nitrogen functional groups attached to an aromatic ring is 1. The second-order valence-corrected chi connectivity index (χ2v) is 6.60. The van der Waals surface area contributed by atoms with Crippen molar-refractivity contribution in [2.75, 3.05) is 31.9 Å². The summed E-state index contributed by atoms with van der Waals surface area (Å²) in [6, 6.07) is 7.74. The predicted molar refractivity (Wildman–Crippen MR) is 112 cm³/mol. The number of amides is 1. The van der Waals surface area contributed by atoms with E-state index >= 15 is 0 Å². The molecule has 1 saturated heterocycles. The molecule has 0 saturated carbocycles. The number of halogens is 2. The van der Waals surface area contributed by atoms with Crippen LogP contribution in [0.25, 0.3) is 0 Å². The van der Waals surface area contributed by atoms with Gasteiger partial charge in [-0.1, -0.05) is 18.2 Å². The molecule has 8 heteroatoms. The number of oxazole rings is 1. The first-order valence-electron chi connectivity index (χ1n) is 8.79. The Bertz CT molecular complexity index is 724. The number of piperazine rings is 1. The van der Waals surface area contributed by atoms with E-state index in [0.717, 1.165) is 54.8 Å². The largest absolute Gasteiger partial charge is 0.444 e. The van der Waals surface area contributed by atoms with Gasteiger partial charge in [0.05, 0.1) is 12.2 Å². The highest BCUT2D eigenvalue weighted by Crippen LogP contribution is 2.15. The van der Waals surface area contributed by atoms with Crippen LogP contribution in [0.1, 0.15) is 29.3 Å². The molecule has 2 aromatic rings. The molecule has 1 aromatic carbocycles. The lowest BCUT2D eigenvalue weighted by Crippen LogP contribution is -2.48. The molecule has 0 radical (unpaired) electrons. The molecule has 1 amide bonds. The zero-order chi connectivity index (χ0) is 17.8. The van der Waals surface area contributed by atoms with Crippen molar-refractivity contribution in [1.29, 1.82) is 0 Å². The molecular formula is C19H28Cl2N4O2. The maximum absolute atomic E-state index is 12.4. The Morgan fingerprint density at radius 2 is 1.81 bits per heavy atom. The van der Waals surface area contributed by atoms with E-state index < -0.39 is 0 Å². The first kappa shape index (κ1) is 23.3. The highest BCUT2D eigenvalue weighted by molar-refractivity contribution is 5.85. The Hall–Kier alpha value is -1.76. The summed E-state index contributed by atoms with van der Waals surface area (Å²) in [5.41, 5.74) is 8.70. The summed E-state index contributed by atoms with van der Waals surface area (Å²) in [5.74, 6) is 1.84. The molecule has 1 aliphatic heterocycles. The maximum Gasteiger partial charge on any atom is 0.222 e. The molecule has 6 nitrogen and oxygen atoms in total. The van der Waals surface area contributed by atoms with Crippen LogP contribution in [0, 0.1) is 13.8 Å². The third-order valence-corrected chi connectivity index (χ3v) is 4.82. The summed E-state index contributed by atoms with van der Waals surface area (Å²) in [4.78, 5) is 21.1. The molecule has 1 aromatic heterocycles. The van der Waals surface area contributed by atoms with Gasteiger partial charge >= 0.3 is 0 Å². The number of hydrogen-bond donors (Lipinski definition) is 1. The van der Waals surface area contributed by atoms with Gasteiger partial charge in [0.15, 0.2) is 0 Å². The van der Waals surface area contributed by atoms with Crippen LogP contribution < -0.4 is 5.73 Å². The molecule has 0 atom stereocenters. The number of carbonyl (C=O) groups excluding carboxylic acids is 1. The third-order valence-electron chi connectivity index (χ3n) is 4.82. The van der Waals surface area contributed by atoms with Crippen LogP contribution in [0.5, 0.6) is 0 Å². The third kappa shape index (κ3) is 6.13. The van der Waals surface area contributed by atoms with Gasteiger partial charge in [-0.25, -0.2) is 4.98 Å². The van der Waals surface area contributed by atoms with Crippen LogP contribution in [0.4, 0.5) is 5.69 Å². The average Bonchev–Trinajstić information content (AvgIpc) is 2.92. The number of nitrogens with two attached hydrogens (primary N) is 1. The molecule has 150 valence electrons. The Morgan fingerprint density at radius 3 is 2.41 bits per heavy atom. The number of aryl methyl sites for hydroxylation is 3. The van der Waals surface area contributed by atoms with Gasteiger partial charge in [0, 0.05) is 38.3 Å². The summed E-state index contributed by atoms with van der Waals surface area (Å²) in [5, 5.41) is 0. The first-order valence-corrected chi connectivity index (χ1v) is 8.79. The minimum Gasteiger partial charge on any atom is -0.444 e. The summed E-state index contributed by atoms with van der Waals surface area (Å²) in [6.07, 6.45) is 1.20. The maximum atomic E-state index is 12.4. The number of rotatable bonds is 5. The van der Waals surface area contributed by atoms with Crippen molar-refractivity contribution in [3.05, 3.63) is 47.2 Å². The lowest BCUT2D eigenvalue weighted by Gasteiger charge is -2.34. The van der Waals surface area contributed by atoms with Crippen LogP contribution >= 0.6 is 24.8 Å². The zero-order valence-electron chi connectivity index (χ0n) is 15.8. The molecule has 0 unspecified atom stereocenters. The van der Waals surface area contributed by atoms with Crippen molar-refractivity contribution in [3.63, 3.8) is 0 Å². The second-order valence-electron chi connectivity index (χ2n) is 6.60. The second kappa shape index (κ2) is 10.5. The van der Waals surface area contributed by atoms with Crippen molar-refractivity contribution in [2.45, 2.75) is 33.2 Å². The lowest BCUT2D eigenvalue weighted by molar-refractivity contribution is -0.133. The van der Waals surface area contributed by atoms with Gasteiger partial charge in [0.1, 0.15) is 5.76 Å². The summed E-state index contributed by atoms with van der Waals surface area (Å²) < 4.78 is 5.64. The van der Waals surface area contributed by atoms with E-state index in [9.17, 15) is 4.79 Å². The molecule has 0 aliphatic carbocycles. The molecule has 2 heterocycles. The van der Waals surface area contributed by atoms with E-state index in [1.807, 2.05) is 43.0 Å². The highest BCUT2D eigenvalue weighted by atomic mass is 35.5. The van der Waals surface area contributed by atoms with Gasteiger partial charge in [0.25, 0.3) is 0 Å². The summed E-state index contributed by atoms with van der Waals surface area (Å²) >= 11 is 0. The molecule has 2 N–H and O–H groups in total. The fourth-order valence-corrected chi connectivity index (χ4v) is 3.12. The highest BCUT2D eigenvalue weighted by Gasteiger charge is 2.22. The average molecular weight is 415 g/mol. The van der Waals surface area contributed by atoms with E-state index in [2.05, 4.69) is 9.88 Å². The van der Waals surface area contributed by atoms with E-state index in [0.29, 0.717) is 19.4 Å². The van der Waals surface area contributed by atoms with Crippen molar-refractivity contribution in [2.24, 2.45) is 0 Å². The van der Waals surface area contributed by atoms with Crippen molar-refractivity contribution in [1.82, 2.24) is 14.8 Å². The van der Waals surface area contributed by atoms with Crippen molar-refractivity contribution >= 4 is 36.4 Å². The van der Waals surface area contributed by atoms with E-state index in [4.69, 9.17) is 10.2 Å². The first-order chi connectivity index (χ1) is 12.0. The number of benzene rings is 1. The van der Waals surface area contributed by atoms with Crippen LogP contribution in [-0.4, -0.2) is 46.9 Å². The zero-order valence-corrected chi connectivity index (χ0v) is 17.4. The smallest absolute Gasteiger partial charge is 0.222 e. The summed E-state index contributed by atoms with van der Waals surface area (Å²) in [7, 11) is 0. The van der Waals surface area contributed by atoms with Gasteiger partial charge in [-0.05, 0) is 31.9 Å². The number of anilines is 1. The Labute approximate surface area is 172 Å². The van der Waals surface area contributed by atoms with Crippen LogP contribution in [0.15, 0.2) is 28.7 Å². The Balaban J connectivity index is 0.00000182. The van der Waals surface area contributed by atoms with Gasteiger partial charge in [-0.15, -0.1) is 24.8 Å². The summed E-state index contributed by atoms with van der Waals surface area (Å²) in [6.45, 7) is 7.79. The van der Waals surface area contributed by atoms with E-state index in [-0.39, 0.29) is 30.7 Å². The van der Waals surface area contributed by atoms with E-state index in [1.54, 1.807) is 0 Å². The van der Waals surface area contributed by atoms with Gasteiger partial charge < -0.3 is 15.1 Å².